The summed E-state index contributed by atoms with van der Waals surface area (Å²) >= 11 is 0. The molecule has 0 amide bonds. The minimum atomic E-state index is -0.760. The highest BCUT2D eigenvalue weighted by Crippen LogP contribution is 2.06. The predicted octanol–water partition coefficient (Wildman–Crippen LogP) is -0.918. The molecule has 0 bridgehead atoms. The van der Waals surface area contributed by atoms with E-state index in [0.717, 1.165) is 30.7 Å². The fourth-order valence-corrected chi connectivity index (χ4v) is 2.58. The number of hydrogen-bond donors (Lipinski definition) is 3. The number of aliphatic hydroxyl groups excluding tert-OH is 3. The Morgan fingerprint density at radius 2 is 1.15 bits per heavy atom. The standard InChI is InChI=1S/C19H44N3O5/c1-7-17(23)13-26-15-19(25)16-27-14-18(24)12-22(6,10-8-20(2)3)11-9-21(4)5/h17-19,23-25H,7-16H2,1-6H3/q+1. The molecule has 164 valence electrons. The molecule has 3 unspecified atom stereocenters. The Morgan fingerprint density at radius 1 is 0.741 bits per heavy atom. The third-order valence-corrected chi connectivity index (χ3v) is 4.54. The van der Waals surface area contributed by atoms with Gasteiger partial charge in [0.15, 0.2) is 0 Å². The van der Waals surface area contributed by atoms with Crippen molar-refractivity contribution in [3.63, 3.8) is 0 Å². The highest BCUT2D eigenvalue weighted by molar-refractivity contribution is 4.59. The van der Waals surface area contributed by atoms with Crippen molar-refractivity contribution in [1.29, 1.82) is 0 Å². The van der Waals surface area contributed by atoms with E-state index in [1.54, 1.807) is 0 Å². The quantitative estimate of drug-likeness (QED) is 0.275. The Hall–Kier alpha value is -0.320. The molecule has 0 saturated carbocycles. The van der Waals surface area contributed by atoms with Gasteiger partial charge in [0, 0.05) is 13.1 Å². The zero-order valence-electron chi connectivity index (χ0n) is 18.3. The summed E-state index contributed by atoms with van der Waals surface area (Å²) in [5, 5.41) is 29.6. The summed E-state index contributed by atoms with van der Waals surface area (Å²) in [4.78, 5) is 4.31. The minimum absolute atomic E-state index is 0.110. The Labute approximate surface area is 165 Å². The van der Waals surface area contributed by atoms with E-state index >= 15 is 0 Å². The molecule has 3 atom stereocenters. The summed E-state index contributed by atoms with van der Waals surface area (Å²) in [6.07, 6.45) is -1.23. The van der Waals surface area contributed by atoms with E-state index < -0.39 is 18.3 Å². The van der Waals surface area contributed by atoms with Gasteiger partial charge >= 0.3 is 0 Å². The number of aliphatic hydroxyl groups is 3. The molecule has 0 saturated heterocycles. The Balaban J connectivity index is 4.21. The maximum atomic E-state index is 10.4. The summed E-state index contributed by atoms with van der Waals surface area (Å²) in [6, 6.07) is 0. The van der Waals surface area contributed by atoms with Gasteiger partial charge in [0.2, 0.25) is 0 Å². The van der Waals surface area contributed by atoms with Crippen LogP contribution >= 0.6 is 0 Å². The second kappa shape index (κ2) is 14.6. The van der Waals surface area contributed by atoms with Gasteiger partial charge in [0.25, 0.3) is 0 Å². The molecule has 0 aromatic rings. The van der Waals surface area contributed by atoms with E-state index in [4.69, 9.17) is 9.47 Å². The van der Waals surface area contributed by atoms with E-state index in [0.29, 0.717) is 13.0 Å². The first kappa shape index (κ1) is 26.7. The Kier molecular flexibility index (Phi) is 14.5. The second-order valence-corrected chi connectivity index (χ2v) is 8.30. The van der Waals surface area contributed by atoms with Crippen molar-refractivity contribution in [2.75, 3.05) is 94.4 Å². The van der Waals surface area contributed by atoms with E-state index in [1.807, 2.05) is 6.92 Å². The normalized spacial score (nSPS) is 16.1. The lowest BCUT2D eigenvalue weighted by Crippen LogP contribution is -2.55. The van der Waals surface area contributed by atoms with Crippen LogP contribution in [0.25, 0.3) is 0 Å². The molecule has 0 spiro atoms. The van der Waals surface area contributed by atoms with Gasteiger partial charge in [0.05, 0.1) is 52.7 Å². The fourth-order valence-electron chi connectivity index (χ4n) is 2.58. The van der Waals surface area contributed by atoms with Gasteiger partial charge in [0.1, 0.15) is 18.8 Å². The van der Waals surface area contributed by atoms with Crippen LogP contribution in [-0.2, 0) is 9.47 Å². The lowest BCUT2D eigenvalue weighted by molar-refractivity contribution is -0.911. The van der Waals surface area contributed by atoms with Crippen molar-refractivity contribution in [3.05, 3.63) is 0 Å². The highest BCUT2D eigenvalue weighted by Gasteiger charge is 2.26. The summed E-state index contributed by atoms with van der Waals surface area (Å²) in [7, 11) is 10.4. The topological polar surface area (TPSA) is 85.6 Å². The van der Waals surface area contributed by atoms with Gasteiger partial charge in [-0.1, -0.05) is 6.92 Å². The van der Waals surface area contributed by atoms with Crippen LogP contribution in [0, 0.1) is 0 Å². The van der Waals surface area contributed by atoms with Crippen molar-refractivity contribution in [1.82, 2.24) is 9.80 Å². The maximum absolute atomic E-state index is 10.4. The molecule has 0 aliphatic rings. The third-order valence-electron chi connectivity index (χ3n) is 4.54. The number of quaternary nitrogens is 1. The Morgan fingerprint density at radius 3 is 1.56 bits per heavy atom. The molecule has 27 heavy (non-hydrogen) atoms. The molecule has 8 heteroatoms. The molecular weight excluding hydrogens is 350 g/mol. The van der Waals surface area contributed by atoms with Gasteiger partial charge in [-0.25, -0.2) is 0 Å². The molecule has 0 aromatic heterocycles. The first-order chi connectivity index (χ1) is 12.6. The molecule has 0 fully saturated rings. The average molecular weight is 395 g/mol. The molecule has 0 aliphatic carbocycles. The summed E-state index contributed by atoms with van der Waals surface area (Å²) in [5.74, 6) is 0. The molecule has 0 heterocycles. The van der Waals surface area contributed by atoms with Crippen molar-refractivity contribution in [2.45, 2.75) is 31.7 Å². The van der Waals surface area contributed by atoms with Gasteiger partial charge in [-0.2, -0.15) is 0 Å². The molecule has 0 aromatic carbocycles. The van der Waals surface area contributed by atoms with Crippen molar-refractivity contribution < 1.29 is 29.3 Å². The summed E-state index contributed by atoms with van der Waals surface area (Å²) in [5.41, 5.74) is 0. The van der Waals surface area contributed by atoms with Gasteiger partial charge < -0.3 is 39.1 Å². The molecule has 0 aliphatic heterocycles. The minimum Gasteiger partial charge on any atom is -0.391 e. The number of likely N-dealkylation sites (N-methyl/N-ethyl adjacent to an activating group) is 3. The van der Waals surface area contributed by atoms with Crippen LogP contribution in [0.15, 0.2) is 0 Å². The van der Waals surface area contributed by atoms with Crippen molar-refractivity contribution in [3.8, 4) is 0 Å². The van der Waals surface area contributed by atoms with Crippen LogP contribution in [0.1, 0.15) is 13.3 Å². The van der Waals surface area contributed by atoms with E-state index in [1.165, 1.54) is 0 Å². The van der Waals surface area contributed by atoms with Crippen molar-refractivity contribution in [2.24, 2.45) is 0 Å². The molecule has 3 N–H and O–H groups in total. The number of hydrogen-bond acceptors (Lipinski definition) is 7. The number of ether oxygens (including phenoxy) is 2. The third kappa shape index (κ3) is 15.3. The van der Waals surface area contributed by atoms with E-state index in [2.05, 4.69) is 45.0 Å². The van der Waals surface area contributed by atoms with E-state index in [9.17, 15) is 15.3 Å². The largest absolute Gasteiger partial charge is 0.391 e. The average Bonchev–Trinajstić information content (AvgIpc) is 2.58. The van der Waals surface area contributed by atoms with Gasteiger partial charge in [-0.05, 0) is 34.6 Å². The fraction of sp³-hybridized carbons (Fsp3) is 1.00. The van der Waals surface area contributed by atoms with Crippen LogP contribution in [-0.4, -0.2) is 142 Å². The number of rotatable bonds is 17. The smallest absolute Gasteiger partial charge is 0.126 e. The van der Waals surface area contributed by atoms with Crippen LogP contribution in [0.3, 0.4) is 0 Å². The van der Waals surface area contributed by atoms with E-state index in [-0.39, 0.29) is 26.4 Å². The van der Waals surface area contributed by atoms with Gasteiger partial charge in [-0.15, -0.1) is 0 Å². The number of nitrogens with zero attached hydrogens (tertiary/aromatic N) is 3. The Bertz CT molecular complexity index is 346. The monoisotopic (exact) mass is 394 g/mol. The zero-order valence-corrected chi connectivity index (χ0v) is 18.3. The zero-order chi connectivity index (χ0) is 20.9. The predicted molar refractivity (Wildman–Crippen MR) is 108 cm³/mol. The van der Waals surface area contributed by atoms with Crippen LogP contribution in [0.2, 0.25) is 0 Å². The second-order valence-electron chi connectivity index (χ2n) is 8.30. The molecule has 0 rings (SSSR count). The SMILES string of the molecule is CCC(O)COCC(O)COCC(O)C[N+](C)(CCN(C)C)CCN(C)C. The van der Waals surface area contributed by atoms with Crippen LogP contribution in [0.4, 0.5) is 0 Å². The molecular formula is C19H44N3O5+. The first-order valence-electron chi connectivity index (χ1n) is 9.90. The summed E-state index contributed by atoms with van der Waals surface area (Å²) in [6.45, 7) is 6.92. The van der Waals surface area contributed by atoms with Crippen LogP contribution < -0.4 is 0 Å². The lowest BCUT2D eigenvalue weighted by Gasteiger charge is -2.37. The van der Waals surface area contributed by atoms with Crippen LogP contribution in [0.5, 0.6) is 0 Å². The molecule has 0 radical (unpaired) electrons. The molecule has 8 nitrogen and oxygen atoms in total. The maximum Gasteiger partial charge on any atom is 0.126 e. The summed E-state index contributed by atoms with van der Waals surface area (Å²) < 4.78 is 11.5. The van der Waals surface area contributed by atoms with Crippen molar-refractivity contribution >= 4 is 0 Å². The van der Waals surface area contributed by atoms with Gasteiger partial charge in [-0.3, -0.25) is 0 Å². The lowest BCUT2D eigenvalue weighted by atomic mass is 10.2. The highest BCUT2D eigenvalue weighted by atomic mass is 16.5. The first-order valence-corrected chi connectivity index (χ1v) is 9.90.